The summed E-state index contributed by atoms with van der Waals surface area (Å²) in [6.45, 7) is 0.243. The summed E-state index contributed by atoms with van der Waals surface area (Å²) in [5.74, 6) is -3.08. The first-order valence-electron chi connectivity index (χ1n) is 10.2. The van der Waals surface area contributed by atoms with E-state index in [1.165, 1.54) is 29.2 Å². The van der Waals surface area contributed by atoms with Gasteiger partial charge in [0.15, 0.2) is 11.5 Å². The Labute approximate surface area is 188 Å². The largest absolute Gasteiger partial charge is 0.501 e. The molecule has 170 valence electrons. The fourth-order valence-corrected chi connectivity index (χ4v) is 3.43. The van der Waals surface area contributed by atoms with Crippen LogP contribution in [0.15, 0.2) is 54.6 Å². The van der Waals surface area contributed by atoms with Crippen LogP contribution in [0.3, 0.4) is 0 Å². The number of morpholine rings is 1. The highest BCUT2D eigenvalue weighted by atomic mass is 19.1. The molecule has 2 aromatic carbocycles. The highest BCUT2D eigenvalue weighted by Gasteiger charge is 2.34. The molecular weight excluding hydrogens is 431 g/mol. The molecule has 9 nitrogen and oxygen atoms in total. The monoisotopic (exact) mass is 452 g/mol. The van der Waals surface area contributed by atoms with Crippen molar-refractivity contribution in [3.05, 3.63) is 83.1 Å². The van der Waals surface area contributed by atoms with Crippen LogP contribution in [0.25, 0.3) is 0 Å². The number of carbonyl (C=O) groups excluding carboxylic acids is 2. The van der Waals surface area contributed by atoms with Crippen molar-refractivity contribution in [1.29, 1.82) is 0 Å². The van der Waals surface area contributed by atoms with Crippen LogP contribution in [0.4, 0.5) is 4.39 Å². The topological polar surface area (TPSA) is 125 Å². The lowest BCUT2D eigenvalue weighted by Crippen LogP contribution is -2.44. The van der Waals surface area contributed by atoms with Gasteiger partial charge in [-0.2, -0.15) is 4.98 Å². The molecule has 2 heterocycles. The van der Waals surface area contributed by atoms with E-state index >= 15 is 0 Å². The third kappa shape index (κ3) is 5.07. The van der Waals surface area contributed by atoms with E-state index in [0.717, 1.165) is 5.56 Å². The second-order valence-electron chi connectivity index (χ2n) is 7.45. The van der Waals surface area contributed by atoms with Gasteiger partial charge in [0.2, 0.25) is 11.7 Å². The minimum atomic E-state index is -0.787. The third-order valence-corrected chi connectivity index (χ3v) is 5.16. The van der Waals surface area contributed by atoms with E-state index in [4.69, 9.17) is 4.74 Å². The molecule has 0 bridgehead atoms. The quantitative estimate of drug-likeness (QED) is 0.523. The van der Waals surface area contributed by atoms with E-state index in [9.17, 15) is 24.2 Å². The molecule has 1 atom stereocenters. The van der Waals surface area contributed by atoms with Crippen LogP contribution in [-0.2, 0) is 22.6 Å². The number of hydrogen-bond donors (Lipinski definition) is 3. The zero-order chi connectivity index (χ0) is 23.4. The summed E-state index contributed by atoms with van der Waals surface area (Å²) < 4.78 is 18.4. The van der Waals surface area contributed by atoms with Gasteiger partial charge in [-0.3, -0.25) is 9.59 Å². The van der Waals surface area contributed by atoms with Crippen molar-refractivity contribution >= 4 is 11.8 Å². The van der Waals surface area contributed by atoms with Gasteiger partial charge in [-0.15, -0.1) is 0 Å². The molecule has 0 spiro atoms. The molecule has 1 fully saturated rings. The van der Waals surface area contributed by atoms with Crippen molar-refractivity contribution in [2.45, 2.75) is 19.1 Å². The van der Waals surface area contributed by atoms with E-state index in [1.807, 2.05) is 30.3 Å². The minimum absolute atomic E-state index is 0.0405. The third-order valence-electron chi connectivity index (χ3n) is 5.16. The Hall–Kier alpha value is -4.05. The average molecular weight is 452 g/mol. The zero-order valence-corrected chi connectivity index (χ0v) is 17.4. The highest BCUT2D eigenvalue weighted by Crippen LogP contribution is 2.31. The maximum absolute atomic E-state index is 13.1. The van der Waals surface area contributed by atoms with Crippen molar-refractivity contribution in [3.8, 4) is 11.6 Å². The number of halogens is 1. The highest BCUT2D eigenvalue weighted by molar-refractivity contribution is 5.95. The summed E-state index contributed by atoms with van der Waals surface area (Å²) in [5, 5.41) is 22.9. The molecule has 1 aliphatic rings. The van der Waals surface area contributed by atoms with Crippen molar-refractivity contribution in [1.82, 2.24) is 20.2 Å². The number of nitrogens with zero attached hydrogens (tertiary/aromatic N) is 3. The molecule has 1 unspecified atom stereocenters. The summed E-state index contributed by atoms with van der Waals surface area (Å²) in [5.41, 5.74) is 1.05. The Morgan fingerprint density at radius 2 is 1.82 bits per heavy atom. The first-order valence-corrected chi connectivity index (χ1v) is 10.2. The Bertz CT molecular complexity index is 1160. The molecule has 10 heteroatoms. The van der Waals surface area contributed by atoms with Gasteiger partial charge in [0.25, 0.3) is 11.8 Å². The second kappa shape index (κ2) is 9.61. The predicted octanol–water partition coefficient (Wildman–Crippen LogP) is 2.06. The fraction of sp³-hybridized carbons (Fsp3) is 0.217. The van der Waals surface area contributed by atoms with Gasteiger partial charge in [-0.05, 0) is 23.3 Å². The molecule has 33 heavy (non-hydrogen) atoms. The van der Waals surface area contributed by atoms with E-state index in [-0.39, 0.29) is 38.0 Å². The van der Waals surface area contributed by atoms with Gasteiger partial charge in [0.05, 0.1) is 6.61 Å². The number of ether oxygens (including phenoxy) is 1. The van der Waals surface area contributed by atoms with Gasteiger partial charge in [0, 0.05) is 13.1 Å². The smallest absolute Gasteiger partial charge is 0.274 e. The number of amides is 2. The number of aromatic nitrogens is 2. The Morgan fingerprint density at radius 3 is 2.55 bits per heavy atom. The second-order valence-corrected chi connectivity index (χ2v) is 7.45. The average Bonchev–Trinajstić information content (AvgIpc) is 2.82. The van der Waals surface area contributed by atoms with Crippen molar-refractivity contribution in [2.75, 3.05) is 13.2 Å². The summed E-state index contributed by atoms with van der Waals surface area (Å²) in [4.78, 5) is 34.8. The number of hydrogen-bond acceptors (Lipinski definition) is 7. The lowest BCUT2D eigenvalue weighted by atomic mass is 10.1. The molecule has 1 aromatic heterocycles. The van der Waals surface area contributed by atoms with Crippen LogP contribution < -0.4 is 5.32 Å². The number of aromatic hydroxyl groups is 2. The maximum Gasteiger partial charge on any atom is 0.274 e. The first-order chi connectivity index (χ1) is 15.9. The van der Waals surface area contributed by atoms with Gasteiger partial charge < -0.3 is 25.2 Å². The van der Waals surface area contributed by atoms with Crippen LogP contribution in [0, 0.1) is 5.82 Å². The molecule has 0 radical (unpaired) electrons. The van der Waals surface area contributed by atoms with E-state index in [0.29, 0.717) is 5.56 Å². The fourth-order valence-electron chi connectivity index (χ4n) is 3.43. The summed E-state index contributed by atoms with van der Waals surface area (Å²) in [6.07, 6.45) is 0. The Morgan fingerprint density at radius 1 is 1.09 bits per heavy atom. The number of rotatable bonds is 6. The van der Waals surface area contributed by atoms with Crippen LogP contribution in [0.2, 0.25) is 0 Å². The molecule has 2 amide bonds. The van der Waals surface area contributed by atoms with Crippen LogP contribution in [-0.4, -0.2) is 50.1 Å². The maximum atomic E-state index is 13.1. The molecule has 3 N–H and O–H groups in total. The molecule has 1 saturated heterocycles. The van der Waals surface area contributed by atoms with E-state index in [2.05, 4.69) is 15.3 Å². The Kier molecular flexibility index (Phi) is 6.45. The zero-order valence-electron chi connectivity index (χ0n) is 17.4. The van der Waals surface area contributed by atoms with E-state index in [1.54, 1.807) is 0 Å². The minimum Gasteiger partial charge on any atom is -0.501 e. The molecule has 3 aromatic rings. The first kappa shape index (κ1) is 22.2. The van der Waals surface area contributed by atoms with Gasteiger partial charge in [0.1, 0.15) is 18.5 Å². The SMILES string of the molecule is O=C(NCc1ccc(F)cc1)c1nc(C2COCC(=O)N2Cc2ccccc2)nc(O)c1O. The lowest BCUT2D eigenvalue weighted by molar-refractivity contribution is -0.149. The summed E-state index contributed by atoms with van der Waals surface area (Å²) >= 11 is 0. The molecule has 0 saturated carbocycles. The number of benzene rings is 2. The van der Waals surface area contributed by atoms with Crippen LogP contribution >= 0.6 is 0 Å². The van der Waals surface area contributed by atoms with Crippen molar-refractivity contribution in [2.24, 2.45) is 0 Å². The van der Waals surface area contributed by atoms with Gasteiger partial charge in [-0.1, -0.05) is 42.5 Å². The molecule has 1 aliphatic heterocycles. The lowest BCUT2D eigenvalue weighted by Gasteiger charge is -2.34. The van der Waals surface area contributed by atoms with Gasteiger partial charge >= 0.3 is 0 Å². The Balaban J connectivity index is 1.58. The summed E-state index contributed by atoms with van der Waals surface area (Å²) in [7, 11) is 0. The van der Waals surface area contributed by atoms with E-state index < -0.39 is 35.1 Å². The molecule has 0 aliphatic carbocycles. The number of carbonyl (C=O) groups is 2. The molecular formula is C23H21FN4O5. The van der Waals surface area contributed by atoms with Crippen LogP contribution in [0.5, 0.6) is 11.6 Å². The van der Waals surface area contributed by atoms with Gasteiger partial charge in [-0.25, -0.2) is 9.37 Å². The summed E-state index contributed by atoms with van der Waals surface area (Å²) in [6, 6.07) is 14.0. The van der Waals surface area contributed by atoms with Crippen molar-refractivity contribution < 1.29 is 28.9 Å². The van der Waals surface area contributed by atoms with Crippen molar-refractivity contribution in [3.63, 3.8) is 0 Å². The normalized spacial score (nSPS) is 16.0. The van der Waals surface area contributed by atoms with Crippen LogP contribution in [0.1, 0.15) is 33.5 Å². The molecule has 4 rings (SSSR count). The predicted molar refractivity (Wildman–Crippen MR) is 113 cm³/mol. The number of nitrogens with one attached hydrogen (secondary N) is 1. The standard InChI is InChI=1S/C23H21FN4O5/c24-16-8-6-14(7-9-16)10-25-22(31)19-20(30)23(32)27-21(26-19)17-12-33-13-18(29)28(17)11-15-4-2-1-3-5-15/h1-9,17,30H,10-13H2,(H,25,31)(H,26,27,32).